The van der Waals surface area contributed by atoms with E-state index in [9.17, 15) is 10.1 Å². The first kappa shape index (κ1) is 16.1. The molecular formula is C13H23N5O2. The molecule has 1 aromatic heterocycles. The molecule has 0 saturated heterocycles. The Morgan fingerprint density at radius 1 is 1.30 bits per heavy atom. The van der Waals surface area contributed by atoms with Gasteiger partial charge in [-0.25, -0.2) is 4.98 Å². The molecule has 1 heterocycles. The highest BCUT2D eigenvalue weighted by atomic mass is 16.6. The Bertz CT molecular complexity index is 464. The number of unbranched alkanes of at least 4 members (excludes halogenated alkanes) is 1. The zero-order valence-corrected chi connectivity index (χ0v) is 12.6. The van der Waals surface area contributed by atoms with E-state index >= 15 is 0 Å². The summed E-state index contributed by atoms with van der Waals surface area (Å²) in [7, 11) is 0. The molecule has 0 bridgehead atoms. The van der Waals surface area contributed by atoms with Crippen LogP contribution in [0.2, 0.25) is 0 Å². The van der Waals surface area contributed by atoms with Crippen molar-refractivity contribution in [2.24, 2.45) is 0 Å². The Morgan fingerprint density at radius 2 is 2.00 bits per heavy atom. The quantitative estimate of drug-likeness (QED) is 0.582. The van der Waals surface area contributed by atoms with E-state index in [0.717, 1.165) is 19.4 Å². The minimum Gasteiger partial charge on any atom is -0.354 e. The summed E-state index contributed by atoms with van der Waals surface area (Å²) in [6.07, 6.45) is 2.01. The minimum atomic E-state index is -0.394. The lowest BCUT2D eigenvalue weighted by Gasteiger charge is -2.22. The number of aromatic nitrogens is 2. The van der Waals surface area contributed by atoms with Gasteiger partial charge in [-0.3, -0.25) is 10.1 Å². The molecule has 0 fully saturated rings. The van der Waals surface area contributed by atoms with Gasteiger partial charge in [0, 0.05) is 19.6 Å². The fraction of sp³-hybridized carbons (Fsp3) is 0.692. The van der Waals surface area contributed by atoms with E-state index in [-0.39, 0.29) is 5.69 Å². The fourth-order valence-electron chi connectivity index (χ4n) is 1.99. The number of rotatable bonds is 8. The molecule has 0 unspecified atom stereocenters. The average molecular weight is 281 g/mol. The van der Waals surface area contributed by atoms with E-state index < -0.39 is 4.92 Å². The van der Waals surface area contributed by atoms with Crippen LogP contribution in [0, 0.1) is 17.0 Å². The number of hydrogen-bond donors (Lipinski definition) is 1. The molecule has 0 spiro atoms. The highest BCUT2D eigenvalue weighted by Gasteiger charge is 2.25. The fourth-order valence-corrected chi connectivity index (χ4v) is 1.99. The first-order valence-electron chi connectivity index (χ1n) is 7.06. The first-order chi connectivity index (χ1) is 9.54. The third kappa shape index (κ3) is 3.79. The van der Waals surface area contributed by atoms with Gasteiger partial charge in [-0.2, -0.15) is 4.98 Å². The van der Waals surface area contributed by atoms with E-state index in [0.29, 0.717) is 30.5 Å². The van der Waals surface area contributed by atoms with Crippen LogP contribution in [-0.4, -0.2) is 34.5 Å². The largest absolute Gasteiger partial charge is 0.354 e. The van der Waals surface area contributed by atoms with Crippen LogP contribution in [0.4, 0.5) is 17.5 Å². The van der Waals surface area contributed by atoms with Gasteiger partial charge in [0.05, 0.1) is 4.92 Å². The van der Waals surface area contributed by atoms with Crippen LogP contribution in [-0.2, 0) is 0 Å². The molecule has 0 amide bonds. The zero-order chi connectivity index (χ0) is 15.1. The number of hydrogen-bond acceptors (Lipinski definition) is 6. The maximum Gasteiger partial charge on any atom is 0.332 e. The van der Waals surface area contributed by atoms with E-state index in [1.54, 1.807) is 6.92 Å². The van der Waals surface area contributed by atoms with Gasteiger partial charge in [0.25, 0.3) is 0 Å². The van der Waals surface area contributed by atoms with Crippen molar-refractivity contribution in [1.82, 2.24) is 9.97 Å². The molecule has 0 aliphatic heterocycles. The molecule has 1 N–H and O–H groups in total. The molecule has 1 aromatic rings. The topological polar surface area (TPSA) is 84.2 Å². The smallest absolute Gasteiger partial charge is 0.332 e. The maximum absolute atomic E-state index is 11.3. The average Bonchev–Trinajstić information content (AvgIpc) is 2.39. The van der Waals surface area contributed by atoms with Gasteiger partial charge >= 0.3 is 5.69 Å². The molecule has 7 heteroatoms. The molecular weight excluding hydrogens is 258 g/mol. The second-order valence-corrected chi connectivity index (χ2v) is 4.53. The predicted octanol–water partition coefficient (Wildman–Crippen LogP) is 2.75. The molecule has 7 nitrogen and oxygen atoms in total. The molecule has 20 heavy (non-hydrogen) atoms. The Labute approximate surface area is 119 Å². The predicted molar refractivity (Wildman–Crippen MR) is 80.4 cm³/mol. The summed E-state index contributed by atoms with van der Waals surface area (Å²) in [5, 5.41) is 14.3. The van der Waals surface area contributed by atoms with Crippen molar-refractivity contribution in [1.29, 1.82) is 0 Å². The van der Waals surface area contributed by atoms with E-state index in [1.807, 2.05) is 18.7 Å². The Kier molecular flexibility index (Phi) is 6.14. The Hall–Kier alpha value is -1.92. The summed E-state index contributed by atoms with van der Waals surface area (Å²) < 4.78 is 0. The molecule has 1 rings (SSSR count). The lowest BCUT2D eigenvalue weighted by atomic mass is 10.2. The van der Waals surface area contributed by atoms with Gasteiger partial charge in [0.2, 0.25) is 11.8 Å². The third-order valence-electron chi connectivity index (χ3n) is 3.02. The van der Waals surface area contributed by atoms with Gasteiger partial charge in [-0.15, -0.1) is 0 Å². The number of nitrogens with zero attached hydrogens (tertiary/aromatic N) is 4. The SMILES string of the molecule is CCCCN(CC)c1nc(NCC)nc(C)c1[N+](=O)[O-]. The van der Waals surface area contributed by atoms with Crippen molar-refractivity contribution in [3.05, 3.63) is 15.8 Å². The lowest BCUT2D eigenvalue weighted by Crippen LogP contribution is -2.26. The van der Waals surface area contributed by atoms with Gasteiger partial charge in [0.1, 0.15) is 5.69 Å². The van der Waals surface area contributed by atoms with Gasteiger partial charge < -0.3 is 10.2 Å². The van der Waals surface area contributed by atoms with Crippen LogP contribution in [0.1, 0.15) is 39.3 Å². The van der Waals surface area contributed by atoms with Gasteiger partial charge in [-0.1, -0.05) is 13.3 Å². The van der Waals surface area contributed by atoms with E-state index in [2.05, 4.69) is 22.2 Å². The molecule has 0 aliphatic carbocycles. The second kappa shape index (κ2) is 7.62. The van der Waals surface area contributed by atoms with Crippen molar-refractivity contribution in [3.8, 4) is 0 Å². The van der Waals surface area contributed by atoms with Gasteiger partial charge in [-0.05, 0) is 27.2 Å². The lowest BCUT2D eigenvalue weighted by molar-refractivity contribution is -0.385. The Balaban J connectivity index is 3.26. The summed E-state index contributed by atoms with van der Waals surface area (Å²) >= 11 is 0. The molecule has 0 aromatic carbocycles. The highest BCUT2D eigenvalue weighted by molar-refractivity contribution is 5.62. The van der Waals surface area contributed by atoms with E-state index in [4.69, 9.17) is 0 Å². The third-order valence-corrected chi connectivity index (χ3v) is 3.02. The summed E-state index contributed by atoms with van der Waals surface area (Å²) in [5.74, 6) is 0.856. The molecule has 0 aliphatic rings. The highest BCUT2D eigenvalue weighted by Crippen LogP contribution is 2.29. The molecule has 0 atom stereocenters. The van der Waals surface area contributed by atoms with Crippen molar-refractivity contribution in [3.63, 3.8) is 0 Å². The van der Waals surface area contributed by atoms with Crippen LogP contribution in [0.3, 0.4) is 0 Å². The first-order valence-corrected chi connectivity index (χ1v) is 7.06. The summed E-state index contributed by atoms with van der Waals surface area (Å²) in [6.45, 7) is 9.78. The number of anilines is 2. The summed E-state index contributed by atoms with van der Waals surface area (Å²) in [5.41, 5.74) is 0.399. The normalized spacial score (nSPS) is 10.4. The second-order valence-electron chi connectivity index (χ2n) is 4.53. The standard InChI is InChI=1S/C13H23N5O2/c1-5-8-9-17(7-3)12-11(18(19)20)10(4)15-13(16-12)14-6-2/h5-9H2,1-4H3,(H,14,15,16). The minimum absolute atomic E-state index is 0.00426. The van der Waals surface area contributed by atoms with Crippen LogP contribution in [0.5, 0.6) is 0 Å². The van der Waals surface area contributed by atoms with Crippen molar-refractivity contribution in [2.45, 2.75) is 40.5 Å². The molecule has 0 radical (unpaired) electrons. The Morgan fingerprint density at radius 3 is 2.50 bits per heavy atom. The van der Waals surface area contributed by atoms with Gasteiger partial charge in [0.15, 0.2) is 0 Å². The zero-order valence-electron chi connectivity index (χ0n) is 12.6. The maximum atomic E-state index is 11.3. The summed E-state index contributed by atoms with van der Waals surface area (Å²) in [4.78, 5) is 21.3. The van der Waals surface area contributed by atoms with Crippen LogP contribution < -0.4 is 10.2 Å². The van der Waals surface area contributed by atoms with Crippen LogP contribution >= 0.6 is 0 Å². The van der Waals surface area contributed by atoms with E-state index in [1.165, 1.54) is 0 Å². The van der Waals surface area contributed by atoms with Crippen LogP contribution in [0.25, 0.3) is 0 Å². The number of nitro groups is 1. The monoisotopic (exact) mass is 281 g/mol. The molecule has 112 valence electrons. The molecule has 0 saturated carbocycles. The van der Waals surface area contributed by atoms with Crippen molar-refractivity contribution < 1.29 is 4.92 Å². The number of aryl methyl sites for hydroxylation is 1. The van der Waals surface area contributed by atoms with Crippen LogP contribution in [0.15, 0.2) is 0 Å². The van der Waals surface area contributed by atoms with Crippen molar-refractivity contribution in [2.75, 3.05) is 29.9 Å². The van der Waals surface area contributed by atoms with Crippen molar-refractivity contribution >= 4 is 17.5 Å². The number of nitrogens with one attached hydrogen (secondary N) is 1. The summed E-state index contributed by atoms with van der Waals surface area (Å²) in [6, 6.07) is 0.